The van der Waals surface area contributed by atoms with Crippen molar-refractivity contribution in [3.8, 4) is 5.75 Å². The fourth-order valence-electron chi connectivity index (χ4n) is 1.53. The maximum atomic E-state index is 5.65. The van der Waals surface area contributed by atoms with Crippen LogP contribution in [0.2, 0.25) is 0 Å². The Morgan fingerprint density at radius 1 is 1.31 bits per heavy atom. The summed E-state index contributed by atoms with van der Waals surface area (Å²) < 4.78 is 7.33. The van der Waals surface area contributed by atoms with Crippen LogP contribution in [0.5, 0.6) is 5.75 Å². The SMILES string of the molecule is Cn1cc(OCc2ccccc2CN)cn1. The minimum Gasteiger partial charge on any atom is -0.486 e. The van der Waals surface area contributed by atoms with E-state index in [0.717, 1.165) is 16.9 Å². The lowest BCUT2D eigenvalue weighted by molar-refractivity contribution is 0.304. The summed E-state index contributed by atoms with van der Waals surface area (Å²) in [6, 6.07) is 8.01. The molecule has 1 aromatic heterocycles. The van der Waals surface area contributed by atoms with Crippen molar-refractivity contribution in [2.75, 3.05) is 0 Å². The van der Waals surface area contributed by atoms with Gasteiger partial charge in [-0.1, -0.05) is 24.3 Å². The fraction of sp³-hybridized carbons (Fsp3) is 0.250. The predicted molar refractivity (Wildman–Crippen MR) is 61.9 cm³/mol. The first kappa shape index (κ1) is 10.7. The van der Waals surface area contributed by atoms with E-state index in [1.165, 1.54) is 0 Å². The lowest BCUT2D eigenvalue weighted by Gasteiger charge is -2.07. The highest BCUT2D eigenvalue weighted by Gasteiger charge is 2.02. The van der Waals surface area contributed by atoms with Crippen molar-refractivity contribution in [3.63, 3.8) is 0 Å². The molecule has 2 N–H and O–H groups in total. The van der Waals surface area contributed by atoms with Crippen LogP contribution >= 0.6 is 0 Å². The van der Waals surface area contributed by atoms with Gasteiger partial charge >= 0.3 is 0 Å². The van der Waals surface area contributed by atoms with Gasteiger partial charge in [0.15, 0.2) is 5.75 Å². The van der Waals surface area contributed by atoms with Crippen LogP contribution in [0.25, 0.3) is 0 Å². The van der Waals surface area contributed by atoms with Gasteiger partial charge < -0.3 is 10.5 Å². The highest BCUT2D eigenvalue weighted by Crippen LogP contribution is 2.13. The van der Waals surface area contributed by atoms with Crippen molar-refractivity contribution in [3.05, 3.63) is 47.8 Å². The van der Waals surface area contributed by atoms with Gasteiger partial charge in [-0.05, 0) is 11.1 Å². The van der Waals surface area contributed by atoms with Crippen molar-refractivity contribution in [1.29, 1.82) is 0 Å². The van der Waals surface area contributed by atoms with Crippen LogP contribution in [0.15, 0.2) is 36.7 Å². The highest BCUT2D eigenvalue weighted by molar-refractivity contribution is 5.27. The Morgan fingerprint density at radius 2 is 2.06 bits per heavy atom. The first-order chi connectivity index (χ1) is 7.79. The number of ether oxygens (including phenoxy) is 1. The van der Waals surface area contributed by atoms with Crippen LogP contribution in [0.1, 0.15) is 11.1 Å². The van der Waals surface area contributed by atoms with Crippen molar-refractivity contribution in [2.24, 2.45) is 12.8 Å². The van der Waals surface area contributed by atoms with Gasteiger partial charge in [-0.25, -0.2) is 0 Å². The lowest BCUT2D eigenvalue weighted by atomic mass is 10.1. The highest BCUT2D eigenvalue weighted by atomic mass is 16.5. The summed E-state index contributed by atoms with van der Waals surface area (Å²) in [6.45, 7) is 1.06. The average Bonchev–Trinajstić information content (AvgIpc) is 2.73. The van der Waals surface area contributed by atoms with Crippen LogP contribution in [0.3, 0.4) is 0 Å². The maximum Gasteiger partial charge on any atom is 0.157 e. The molecule has 0 aliphatic rings. The predicted octanol–water partition coefficient (Wildman–Crippen LogP) is 1.46. The van der Waals surface area contributed by atoms with Crippen molar-refractivity contribution < 1.29 is 4.74 Å². The van der Waals surface area contributed by atoms with E-state index in [-0.39, 0.29) is 0 Å². The number of aromatic nitrogens is 2. The number of nitrogens with zero attached hydrogens (tertiary/aromatic N) is 2. The molecule has 4 nitrogen and oxygen atoms in total. The number of hydrogen-bond donors (Lipinski definition) is 1. The molecule has 84 valence electrons. The second-order valence-electron chi connectivity index (χ2n) is 3.61. The molecule has 16 heavy (non-hydrogen) atoms. The first-order valence-electron chi connectivity index (χ1n) is 5.18. The maximum absolute atomic E-state index is 5.65. The van der Waals surface area contributed by atoms with E-state index >= 15 is 0 Å². The average molecular weight is 217 g/mol. The van der Waals surface area contributed by atoms with E-state index in [0.29, 0.717) is 13.2 Å². The number of nitrogens with two attached hydrogens (primary N) is 1. The third-order valence-corrected chi connectivity index (χ3v) is 2.41. The van der Waals surface area contributed by atoms with E-state index in [1.54, 1.807) is 10.9 Å². The van der Waals surface area contributed by atoms with Crippen LogP contribution in [0, 0.1) is 0 Å². The Kier molecular flexibility index (Phi) is 3.22. The minimum atomic E-state index is 0.527. The molecule has 1 aromatic carbocycles. The molecule has 0 amide bonds. The molecular weight excluding hydrogens is 202 g/mol. The van der Waals surface area contributed by atoms with Gasteiger partial charge in [0.1, 0.15) is 6.61 Å². The Balaban J connectivity index is 2.04. The number of benzene rings is 1. The summed E-state index contributed by atoms with van der Waals surface area (Å²) in [5.41, 5.74) is 7.89. The van der Waals surface area contributed by atoms with Crippen molar-refractivity contribution in [1.82, 2.24) is 9.78 Å². The summed E-state index contributed by atoms with van der Waals surface area (Å²) in [5.74, 6) is 0.773. The van der Waals surface area contributed by atoms with Gasteiger partial charge in [-0.3, -0.25) is 4.68 Å². The first-order valence-corrected chi connectivity index (χ1v) is 5.18. The van der Waals surface area contributed by atoms with E-state index in [2.05, 4.69) is 5.10 Å². The molecule has 2 rings (SSSR count). The molecule has 0 atom stereocenters. The molecule has 0 aliphatic heterocycles. The summed E-state index contributed by atoms with van der Waals surface area (Å²) in [6.07, 6.45) is 3.54. The molecule has 4 heteroatoms. The quantitative estimate of drug-likeness (QED) is 0.843. The third kappa shape index (κ3) is 2.41. The second kappa shape index (κ2) is 4.81. The monoisotopic (exact) mass is 217 g/mol. The number of rotatable bonds is 4. The molecule has 0 saturated heterocycles. The molecule has 0 spiro atoms. The van der Waals surface area contributed by atoms with Gasteiger partial charge in [0, 0.05) is 13.6 Å². The zero-order valence-corrected chi connectivity index (χ0v) is 9.26. The molecule has 0 radical (unpaired) electrons. The summed E-state index contributed by atoms with van der Waals surface area (Å²) >= 11 is 0. The van der Waals surface area contributed by atoms with Crippen molar-refractivity contribution >= 4 is 0 Å². The minimum absolute atomic E-state index is 0.527. The van der Waals surface area contributed by atoms with E-state index in [4.69, 9.17) is 10.5 Å². The van der Waals surface area contributed by atoms with Gasteiger partial charge in [-0.15, -0.1) is 0 Å². The molecule has 0 bridgehead atoms. The molecule has 1 heterocycles. The topological polar surface area (TPSA) is 53.1 Å². The lowest BCUT2D eigenvalue weighted by Crippen LogP contribution is -2.04. The molecule has 0 unspecified atom stereocenters. The zero-order chi connectivity index (χ0) is 11.4. The Labute approximate surface area is 94.6 Å². The number of aryl methyl sites for hydroxylation is 1. The molecular formula is C12H15N3O. The van der Waals surface area contributed by atoms with Gasteiger partial charge in [-0.2, -0.15) is 5.10 Å². The fourth-order valence-corrected chi connectivity index (χ4v) is 1.53. The van der Waals surface area contributed by atoms with Gasteiger partial charge in [0.2, 0.25) is 0 Å². The van der Waals surface area contributed by atoms with Crippen LogP contribution in [-0.4, -0.2) is 9.78 Å². The van der Waals surface area contributed by atoms with E-state index < -0.39 is 0 Å². The normalized spacial score (nSPS) is 10.4. The largest absolute Gasteiger partial charge is 0.486 e. The molecule has 0 aliphatic carbocycles. The van der Waals surface area contributed by atoms with E-state index in [9.17, 15) is 0 Å². The van der Waals surface area contributed by atoms with Gasteiger partial charge in [0.25, 0.3) is 0 Å². The Hall–Kier alpha value is -1.81. The summed E-state index contributed by atoms with van der Waals surface area (Å²) in [7, 11) is 1.86. The second-order valence-corrected chi connectivity index (χ2v) is 3.61. The Morgan fingerprint density at radius 3 is 2.69 bits per heavy atom. The van der Waals surface area contributed by atoms with E-state index in [1.807, 2.05) is 37.5 Å². The summed E-state index contributed by atoms with van der Waals surface area (Å²) in [5, 5.41) is 4.04. The third-order valence-electron chi connectivity index (χ3n) is 2.41. The van der Waals surface area contributed by atoms with Crippen LogP contribution in [0.4, 0.5) is 0 Å². The zero-order valence-electron chi connectivity index (χ0n) is 9.26. The van der Waals surface area contributed by atoms with Gasteiger partial charge in [0.05, 0.1) is 12.4 Å². The molecule has 0 saturated carbocycles. The van der Waals surface area contributed by atoms with Crippen LogP contribution in [-0.2, 0) is 20.2 Å². The number of hydrogen-bond acceptors (Lipinski definition) is 3. The smallest absolute Gasteiger partial charge is 0.157 e. The van der Waals surface area contributed by atoms with Crippen molar-refractivity contribution in [2.45, 2.75) is 13.2 Å². The summed E-state index contributed by atoms with van der Waals surface area (Å²) in [4.78, 5) is 0. The standard InChI is InChI=1S/C12H15N3O/c1-15-8-12(7-14-15)16-9-11-5-3-2-4-10(11)6-13/h2-5,7-8H,6,9,13H2,1H3. The Bertz CT molecular complexity index is 465. The molecule has 0 fully saturated rings. The van der Waals surface area contributed by atoms with Crippen LogP contribution < -0.4 is 10.5 Å². The molecule has 2 aromatic rings.